The normalized spacial score (nSPS) is 17.7. The van der Waals surface area contributed by atoms with Gasteiger partial charge in [-0.3, -0.25) is 4.90 Å². The van der Waals surface area contributed by atoms with Crippen LogP contribution in [0.5, 0.6) is 5.75 Å². The van der Waals surface area contributed by atoms with E-state index in [1.165, 1.54) is 5.56 Å². The summed E-state index contributed by atoms with van der Waals surface area (Å²) in [6.07, 6.45) is 0. The monoisotopic (exact) mass is 312 g/mol. The lowest BCUT2D eigenvalue weighted by atomic mass is 10.1. The second-order valence-electron chi connectivity index (χ2n) is 5.27. The zero-order chi connectivity index (χ0) is 15.1. The standard InChI is InChI=1S/C16H25ClN2O2/c1-3-18-13(2)14-4-5-16(15(17)12-14)21-11-8-19-6-9-20-10-7-19/h4-5,12-13,18H,3,6-11H2,1-2H3. The molecule has 0 aromatic heterocycles. The molecule has 0 radical (unpaired) electrons. The molecule has 4 nitrogen and oxygen atoms in total. The van der Waals surface area contributed by atoms with Crippen LogP contribution in [0.4, 0.5) is 0 Å². The molecule has 1 aliphatic heterocycles. The third kappa shape index (κ3) is 5.15. The zero-order valence-electron chi connectivity index (χ0n) is 12.9. The number of ether oxygens (including phenoxy) is 2. The van der Waals surface area contributed by atoms with Gasteiger partial charge in [-0.15, -0.1) is 0 Å². The minimum Gasteiger partial charge on any atom is -0.491 e. The highest BCUT2D eigenvalue weighted by Crippen LogP contribution is 2.27. The highest BCUT2D eigenvalue weighted by atomic mass is 35.5. The number of nitrogens with zero attached hydrogens (tertiary/aromatic N) is 1. The summed E-state index contributed by atoms with van der Waals surface area (Å²) in [6.45, 7) is 10.3. The van der Waals surface area contributed by atoms with E-state index in [9.17, 15) is 0 Å². The third-order valence-electron chi connectivity index (χ3n) is 3.74. The number of nitrogens with one attached hydrogen (secondary N) is 1. The van der Waals surface area contributed by atoms with Gasteiger partial charge in [-0.25, -0.2) is 0 Å². The molecule has 118 valence electrons. The molecule has 1 aromatic carbocycles. The second-order valence-corrected chi connectivity index (χ2v) is 5.68. The Bertz CT molecular complexity index is 436. The SMILES string of the molecule is CCNC(C)c1ccc(OCCN2CCOCC2)c(Cl)c1. The lowest BCUT2D eigenvalue weighted by molar-refractivity contribution is 0.0322. The summed E-state index contributed by atoms with van der Waals surface area (Å²) in [7, 11) is 0. The van der Waals surface area contributed by atoms with Crippen molar-refractivity contribution in [3.63, 3.8) is 0 Å². The summed E-state index contributed by atoms with van der Waals surface area (Å²) in [5.41, 5.74) is 1.18. The minimum absolute atomic E-state index is 0.301. The van der Waals surface area contributed by atoms with Crippen molar-refractivity contribution in [2.24, 2.45) is 0 Å². The van der Waals surface area contributed by atoms with Gasteiger partial charge < -0.3 is 14.8 Å². The Balaban J connectivity index is 1.82. The summed E-state index contributed by atoms with van der Waals surface area (Å²) in [6, 6.07) is 6.32. The van der Waals surface area contributed by atoms with Crippen LogP contribution in [0.25, 0.3) is 0 Å². The van der Waals surface area contributed by atoms with E-state index in [4.69, 9.17) is 21.1 Å². The van der Waals surface area contributed by atoms with Gasteiger partial charge in [0.1, 0.15) is 12.4 Å². The van der Waals surface area contributed by atoms with Gasteiger partial charge in [0.05, 0.1) is 18.2 Å². The quantitative estimate of drug-likeness (QED) is 0.839. The first-order chi connectivity index (χ1) is 10.2. The number of benzene rings is 1. The van der Waals surface area contributed by atoms with Gasteiger partial charge in [0, 0.05) is 25.7 Å². The average Bonchev–Trinajstić information content (AvgIpc) is 2.50. The van der Waals surface area contributed by atoms with E-state index in [-0.39, 0.29) is 0 Å². The van der Waals surface area contributed by atoms with Crippen molar-refractivity contribution in [3.05, 3.63) is 28.8 Å². The molecule has 0 aliphatic carbocycles. The summed E-state index contributed by atoms with van der Waals surface area (Å²) < 4.78 is 11.1. The van der Waals surface area contributed by atoms with Crippen LogP contribution in [-0.2, 0) is 4.74 Å². The van der Waals surface area contributed by atoms with E-state index in [0.29, 0.717) is 17.7 Å². The van der Waals surface area contributed by atoms with Gasteiger partial charge in [-0.05, 0) is 31.2 Å². The molecule has 1 saturated heterocycles. The number of hydrogen-bond acceptors (Lipinski definition) is 4. The zero-order valence-corrected chi connectivity index (χ0v) is 13.7. The first-order valence-electron chi connectivity index (χ1n) is 7.66. The minimum atomic E-state index is 0.301. The lowest BCUT2D eigenvalue weighted by Gasteiger charge is -2.26. The first-order valence-corrected chi connectivity index (χ1v) is 8.04. The molecule has 1 atom stereocenters. The maximum absolute atomic E-state index is 6.31. The van der Waals surface area contributed by atoms with Gasteiger partial charge in [-0.1, -0.05) is 24.6 Å². The van der Waals surface area contributed by atoms with E-state index in [2.05, 4.69) is 30.1 Å². The van der Waals surface area contributed by atoms with Gasteiger partial charge in [0.15, 0.2) is 0 Å². The highest BCUT2D eigenvalue weighted by Gasteiger charge is 2.11. The van der Waals surface area contributed by atoms with E-state index in [1.54, 1.807) is 0 Å². The fourth-order valence-electron chi connectivity index (χ4n) is 2.44. The molecule has 0 saturated carbocycles. The predicted molar refractivity (Wildman–Crippen MR) is 86.3 cm³/mol. The fraction of sp³-hybridized carbons (Fsp3) is 0.625. The van der Waals surface area contributed by atoms with Crippen molar-refractivity contribution < 1.29 is 9.47 Å². The van der Waals surface area contributed by atoms with Gasteiger partial charge in [-0.2, -0.15) is 0 Å². The molecular formula is C16H25ClN2O2. The van der Waals surface area contributed by atoms with E-state index in [1.807, 2.05) is 12.1 Å². The predicted octanol–water partition coefficient (Wildman–Crippen LogP) is 2.72. The molecule has 1 heterocycles. The maximum Gasteiger partial charge on any atom is 0.137 e. The molecular weight excluding hydrogens is 288 g/mol. The number of morpholine rings is 1. The first kappa shape index (κ1) is 16.6. The molecule has 1 aromatic rings. The Labute approximate surface area is 132 Å². The Morgan fingerprint density at radius 3 is 2.81 bits per heavy atom. The molecule has 1 aliphatic rings. The molecule has 5 heteroatoms. The Kier molecular flexibility index (Phi) is 6.77. The summed E-state index contributed by atoms with van der Waals surface area (Å²) in [4.78, 5) is 2.35. The van der Waals surface area contributed by atoms with Gasteiger partial charge in [0.25, 0.3) is 0 Å². The van der Waals surface area contributed by atoms with Crippen molar-refractivity contribution in [1.29, 1.82) is 0 Å². The van der Waals surface area contributed by atoms with Gasteiger partial charge >= 0.3 is 0 Å². The smallest absolute Gasteiger partial charge is 0.137 e. The number of hydrogen-bond donors (Lipinski definition) is 1. The topological polar surface area (TPSA) is 33.7 Å². The molecule has 0 bridgehead atoms. The van der Waals surface area contributed by atoms with E-state index >= 15 is 0 Å². The Hall–Kier alpha value is -0.810. The van der Waals surface area contributed by atoms with Crippen LogP contribution in [0.3, 0.4) is 0 Å². The van der Waals surface area contributed by atoms with Crippen molar-refractivity contribution in [2.45, 2.75) is 19.9 Å². The van der Waals surface area contributed by atoms with Crippen LogP contribution in [-0.4, -0.2) is 50.9 Å². The third-order valence-corrected chi connectivity index (χ3v) is 4.03. The molecule has 2 rings (SSSR count). The van der Waals surface area contributed by atoms with Crippen LogP contribution in [0.2, 0.25) is 5.02 Å². The lowest BCUT2D eigenvalue weighted by Crippen LogP contribution is -2.38. The number of halogens is 1. The molecule has 21 heavy (non-hydrogen) atoms. The van der Waals surface area contributed by atoms with Crippen molar-refractivity contribution in [1.82, 2.24) is 10.2 Å². The average molecular weight is 313 g/mol. The summed E-state index contributed by atoms with van der Waals surface area (Å²) >= 11 is 6.31. The van der Waals surface area contributed by atoms with Crippen LogP contribution in [0, 0.1) is 0 Å². The van der Waals surface area contributed by atoms with Crippen molar-refractivity contribution in [2.75, 3.05) is 46.0 Å². The highest BCUT2D eigenvalue weighted by molar-refractivity contribution is 6.32. The van der Waals surface area contributed by atoms with Crippen molar-refractivity contribution in [3.8, 4) is 5.75 Å². The van der Waals surface area contributed by atoms with Gasteiger partial charge in [0.2, 0.25) is 0 Å². The second kappa shape index (κ2) is 8.59. The fourth-order valence-corrected chi connectivity index (χ4v) is 2.68. The van der Waals surface area contributed by atoms with Crippen LogP contribution >= 0.6 is 11.6 Å². The van der Waals surface area contributed by atoms with E-state index in [0.717, 1.165) is 45.1 Å². The molecule has 1 unspecified atom stereocenters. The van der Waals surface area contributed by atoms with Crippen LogP contribution in [0.15, 0.2) is 18.2 Å². The maximum atomic E-state index is 6.31. The van der Waals surface area contributed by atoms with Crippen LogP contribution < -0.4 is 10.1 Å². The number of rotatable bonds is 7. The Morgan fingerprint density at radius 2 is 2.14 bits per heavy atom. The largest absolute Gasteiger partial charge is 0.491 e. The van der Waals surface area contributed by atoms with E-state index < -0.39 is 0 Å². The molecule has 1 fully saturated rings. The van der Waals surface area contributed by atoms with Crippen molar-refractivity contribution >= 4 is 11.6 Å². The molecule has 0 spiro atoms. The Morgan fingerprint density at radius 1 is 1.38 bits per heavy atom. The molecule has 0 amide bonds. The summed E-state index contributed by atoms with van der Waals surface area (Å²) in [5, 5.41) is 4.06. The molecule has 1 N–H and O–H groups in total. The summed E-state index contributed by atoms with van der Waals surface area (Å²) in [5.74, 6) is 0.761. The van der Waals surface area contributed by atoms with Crippen LogP contribution in [0.1, 0.15) is 25.5 Å².